The van der Waals surface area contributed by atoms with Crippen molar-refractivity contribution in [2.45, 2.75) is 39.0 Å². The van der Waals surface area contributed by atoms with Gasteiger partial charge in [-0.2, -0.15) is 0 Å². The van der Waals surface area contributed by atoms with E-state index in [0.29, 0.717) is 33.4 Å². The fourth-order valence-corrected chi connectivity index (χ4v) is 4.56. The normalized spacial score (nSPS) is 19.4. The van der Waals surface area contributed by atoms with E-state index in [0.717, 1.165) is 19.6 Å². The van der Waals surface area contributed by atoms with Gasteiger partial charge in [0, 0.05) is 31.1 Å². The smallest absolute Gasteiger partial charge is 0.336 e. The Hall–Kier alpha value is -2.09. The van der Waals surface area contributed by atoms with E-state index in [1.807, 2.05) is 0 Å². The number of rotatable bonds is 8. The molecular weight excluding hydrogens is 453 g/mol. The van der Waals surface area contributed by atoms with Crippen molar-refractivity contribution in [3.8, 4) is 0 Å². The third-order valence-electron chi connectivity index (χ3n) is 5.91. The van der Waals surface area contributed by atoms with Gasteiger partial charge in [0.25, 0.3) is 0 Å². The summed E-state index contributed by atoms with van der Waals surface area (Å²) in [6.07, 6.45) is 2.41. The maximum absolute atomic E-state index is 13.0. The molecular formula is C23H29Cl2N3O4. The minimum Gasteiger partial charge on any atom is -0.463 e. The van der Waals surface area contributed by atoms with Crippen LogP contribution in [0.2, 0.25) is 10.0 Å². The number of allylic oxidation sites excluding steroid dienone is 1. The minimum atomic E-state index is -0.522. The first-order valence-electron chi connectivity index (χ1n) is 10.9. The predicted octanol–water partition coefficient (Wildman–Crippen LogP) is 3.36. The van der Waals surface area contributed by atoms with E-state index in [4.69, 9.17) is 27.9 Å². The molecule has 2 aliphatic heterocycles. The second kappa shape index (κ2) is 11.2. The average Bonchev–Trinajstić information content (AvgIpc) is 3.26. The van der Waals surface area contributed by atoms with E-state index in [9.17, 15) is 14.4 Å². The maximum atomic E-state index is 13.0. The van der Waals surface area contributed by atoms with Crippen LogP contribution in [0.3, 0.4) is 0 Å². The van der Waals surface area contributed by atoms with Gasteiger partial charge in [-0.3, -0.25) is 9.59 Å². The highest BCUT2D eigenvalue weighted by atomic mass is 35.5. The summed E-state index contributed by atoms with van der Waals surface area (Å²) in [6.45, 7) is 6.90. The van der Waals surface area contributed by atoms with Gasteiger partial charge in [-0.15, -0.1) is 0 Å². The molecule has 2 aliphatic rings. The molecule has 0 spiro atoms. The predicted molar refractivity (Wildman–Crippen MR) is 124 cm³/mol. The molecule has 1 atom stereocenters. The fraction of sp³-hybridized carbons (Fsp3) is 0.522. The number of amides is 2. The van der Waals surface area contributed by atoms with Gasteiger partial charge in [-0.05, 0) is 57.5 Å². The lowest BCUT2D eigenvalue weighted by Crippen LogP contribution is -2.45. The van der Waals surface area contributed by atoms with Gasteiger partial charge in [0.1, 0.15) is 6.54 Å². The molecule has 1 unspecified atom stereocenters. The Morgan fingerprint density at radius 2 is 1.91 bits per heavy atom. The molecule has 174 valence electrons. The van der Waals surface area contributed by atoms with Crippen LogP contribution in [0.15, 0.2) is 29.5 Å². The zero-order valence-electron chi connectivity index (χ0n) is 18.5. The fourth-order valence-electron chi connectivity index (χ4n) is 4.25. The van der Waals surface area contributed by atoms with Crippen molar-refractivity contribution in [3.63, 3.8) is 0 Å². The van der Waals surface area contributed by atoms with Crippen LogP contribution < -0.4 is 5.32 Å². The number of carbonyl (C=O) groups is 3. The standard InChI is InChI=1S/C23H29Cl2N3O4/c1-3-32-23(31)22-15(2)28(14-20(29)26-8-11-27-9-4-5-10-27)21(30)13-17(22)16-6-7-18(24)19(25)12-16/h6-7,12,17H,3-5,8-11,13-14H2,1-2H3,(H,26,29). The van der Waals surface area contributed by atoms with Crippen LogP contribution in [0.1, 0.15) is 44.6 Å². The summed E-state index contributed by atoms with van der Waals surface area (Å²) in [5.41, 5.74) is 1.48. The van der Waals surface area contributed by atoms with Gasteiger partial charge in [-0.25, -0.2) is 4.79 Å². The Kier molecular flexibility index (Phi) is 8.57. The average molecular weight is 482 g/mol. The Bertz CT molecular complexity index is 913. The summed E-state index contributed by atoms with van der Waals surface area (Å²) in [5.74, 6) is -1.52. The molecule has 2 heterocycles. The minimum absolute atomic E-state index is 0.0322. The van der Waals surface area contributed by atoms with E-state index >= 15 is 0 Å². The van der Waals surface area contributed by atoms with Crippen LogP contribution in [-0.2, 0) is 19.1 Å². The number of esters is 1. The second-order valence-electron chi connectivity index (χ2n) is 8.03. The Morgan fingerprint density at radius 3 is 2.56 bits per heavy atom. The highest BCUT2D eigenvalue weighted by molar-refractivity contribution is 6.42. The molecule has 32 heavy (non-hydrogen) atoms. The Balaban J connectivity index is 1.78. The number of hydrogen-bond donors (Lipinski definition) is 1. The largest absolute Gasteiger partial charge is 0.463 e. The van der Waals surface area contributed by atoms with Crippen LogP contribution in [0.5, 0.6) is 0 Å². The van der Waals surface area contributed by atoms with E-state index in [1.54, 1.807) is 32.0 Å². The van der Waals surface area contributed by atoms with Crippen molar-refractivity contribution < 1.29 is 19.1 Å². The number of carbonyl (C=O) groups excluding carboxylic acids is 3. The van der Waals surface area contributed by atoms with Crippen LogP contribution in [0.4, 0.5) is 0 Å². The monoisotopic (exact) mass is 481 g/mol. The molecule has 3 rings (SSSR count). The van der Waals surface area contributed by atoms with E-state index in [1.165, 1.54) is 17.7 Å². The van der Waals surface area contributed by atoms with E-state index < -0.39 is 11.9 Å². The molecule has 0 aliphatic carbocycles. The quantitative estimate of drug-likeness (QED) is 0.575. The number of nitrogens with one attached hydrogen (secondary N) is 1. The Morgan fingerprint density at radius 1 is 1.19 bits per heavy atom. The maximum Gasteiger partial charge on any atom is 0.336 e. The molecule has 1 aromatic carbocycles. The third kappa shape index (κ3) is 5.82. The van der Waals surface area contributed by atoms with Gasteiger partial charge in [-0.1, -0.05) is 29.3 Å². The molecule has 0 aromatic heterocycles. The van der Waals surface area contributed by atoms with Gasteiger partial charge in [0.15, 0.2) is 0 Å². The summed E-state index contributed by atoms with van der Waals surface area (Å²) >= 11 is 12.2. The van der Waals surface area contributed by atoms with Crippen LogP contribution in [0, 0.1) is 0 Å². The first kappa shape index (κ1) is 24.6. The highest BCUT2D eigenvalue weighted by Crippen LogP contribution is 2.38. The molecule has 0 bridgehead atoms. The van der Waals surface area contributed by atoms with Gasteiger partial charge in [0.05, 0.1) is 22.2 Å². The van der Waals surface area contributed by atoms with E-state index in [-0.39, 0.29) is 31.4 Å². The van der Waals surface area contributed by atoms with Gasteiger partial charge in [0.2, 0.25) is 11.8 Å². The summed E-state index contributed by atoms with van der Waals surface area (Å²) in [5, 5.41) is 3.61. The van der Waals surface area contributed by atoms with E-state index in [2.05, 4.69) is 10.2 Å². The number of likely N-dealkylation sites (tertiary alicyclic amines) is 1. The molecule has 0 saturated carbocycles. The van der Waals surface area contributed by atoms with Crippen molar-refractivity contribution in [2.24, 2.45) is 0 Å². The van der Waals surface area contributed by atoms with Crippen molar-refractivity contribution in [1.82, 2.24) is 15.1 Å². The summed E-state index contributed by atoms with van der Waals surface area (Å²) in [6, 6.07) is 5.05. The first-order chi connectivity index (χ1) is 15.3. The lowest BCUT2D eigenvalue weighted by Gasteiger charge is -2.34. The Labute approximate surface area is 198 Å². The second-order valence-corrected chi connectivity index (χ2v) is 8.84. The number of ether oxygens (including phenoxy) is 1. The molecule has 9 heteroatoms. The van der Waals surface area contributed by atoms with Crippen LogP contribution in [0.25, 0.3) is 0 Å². The highest BCUT2D eigenvalue weighted by Gasteiger charge is 2.37. The zero-order chi connectivity index (χ0) is 23.3. The molecule has 1 fully saturated rings. The molecule has 1 saturated heterocycles. The number of halogens is 2. The van der Waals surface area contributed by atoms with Crippen molar-refractivity contribution in [2.75, 3.05) is 39.3 Å². The van der Waals surface area contributed by atoms with Gasteiger partial charge >= 0.3 is 5.97 Å². The van der Waals surface area contributed by atoms with Gasteiger partial charge < -0.3 is 19.9 Å². The molecule has 1 aromatic rings. The summed E-state index contributed by atoms with van der Waals surface area (Å²) < 4.78 is 5.27. The third-order valence-corrected chi connectivity index (χ3v) is 6.65. The first-order valence-corrected chi connectivity index (χ1v) is 11.7. The lowest BCUT2D eigenvalue weighted by atomic mass is 9.83. The number of nitrogens with zero attached hydrogens (tertiary/aromatic N) is 2. The summed E-state index contributed by atoms with van der Waals surface area (Å²) in [4.78, 5) is 42.0. The molecule has 2 amide bonds. The van der Waals surface area contributed by atoms with Crippen molar-refractivity contribution in [3.05, 3.63) is 45.1 Å². The molecule has 7 nitrogen and oxygen atoms in total. The SMILES string of the molecule is CCOC(=O)C1=C(C)N(CC(=O)NCCN2CCCC2)C(=O)CC1c1ccc(Cl)c(Cl)c1. The van der Waals surface area contributed by atoms with Crippen LogP contribution >= 0.6 is 23.2 Å². The number of benzene rings is 1. The van der Waals surface area contributed by atoms with Crippen molar-refractivity contribution >= 4 is 41.0 Å². The van der Waals surface area contributed by atoms with Crippen LogP contribution in [-0.4, -0.2) is 66.9 Å². The lowest BCUT2D eigenvalue weighted by molar-refractivity contribution is -0.141. The topological polar surface area (TPSA) is 79.0 Å². The zero-order valence-corrected chi connectivity index (χ0v) is 20.0. The van der Waals surface area contributed by atoms with Crippen molar-refractivity contribution in [1.29, 1.82) is 0 Å². The molecule has 0 radical (unpaired) electrons. The molecule has 1 N–H and O–H groups in total. The summed E-state index contributed by atoms with van der Waals surface area (Å²) in [7, 11) is 0. The number of hydrogen-bond acceptors (Lipinski definition) is 5.